The van der Waals surface area contributed by atoms with Crippen molar-refractivity contribution < 1.29 is 17.6 Å². The monoisotopic (exact) mass is 330 g/mol. The molecule has 3 rings (SSSR count). The third kappa shape index (κ3) is 3.21. The summed E-state index contributed by atoms with van der Waals surface area (Å²) >= 11 is 0. The lowest BCUT2D eigenvalue weighted by Crippen LogP contribution is -2.13. The van der Waals surface area contributed by atoms with Gasteiger partial charge in [0.15, 0.2) is 17.5 Å². The van der Waals surface area contributed by atoms with Crippen LogP contribution in [-0.2, 0) is 12.8 Å². The molecule has 0 amide bonds. The van der Waals surface area contributed by atoms with Gasteiger partial charge in [-0.05, 0) is 60.6 Å². The Morgan fingerprint density at radius 3 is 2.29 bits per heavy atom. The van der Waals surface area contributed by atoms with Crippen LogP contribution >= 0.6 is 0 Å². The molecule has 0 fully saturated rings. The first-order valence-corrected chi connectivity index (χ1v) is 7.58. The second kappa shape index (κ2) is 6.52. The molecule has 1 atom stereocenters. The van der Waals surface area contributed by atoms with Gasteiger partial charge in [0.25, 0.3) is 0 Å². The first kappa shape index (κ1) is 16.3. The zero-order valence-electron chi connectivity index (χ0n) is 12.8. The number of hydrogen-bond donors (Lipinski definition) is 0. The van der Waals surface area contributed by atoms with E-state index in [2.05, 4.69) is 18.4 Å². The van der Waals surface area contributed by atoms with Crippen LogP contribution < -0.4 is 0 Å². The lowest BCUT2D eigenvalue weighted by atomic mass is 9.83. The second-order valence-electron chi connectivity index (χ2n) is 5.84. The lowest BCUT2D eigenvalue weighted by Gasteiger charge is -2.22. The molecule has 0 N–H and O–H groups in total. The molecule has 0 heterocycles. The number of allylic oxidation sites excluding steroid dienone is 1. The number of benzene rings is 2. The Balaban J connectivity index is 1.94. The molecule has 4 heteroatoms. The van der Waals surface area contributed by atoms with Gasteiger partial charge in [0.1, 0.15) is 5.82 Å². The summed E-state index contributed by atoms with van der Waals surface area (Å²) in [5, 5.41) is 0. The number of aryl methyl sites for hydroxylation is 1. The Hall–Kier alpha value is -2.54. The first-order chi connectivity index (χ1) is 11.5. The molecular weight excluding hydrogens is 316 g/mol. The van der Waals surface area contributed by atoms with Crippen molar-refractivity contribution in [2.75, 3.05) is 0 Å². The number of halogens is 4. The highest BCUT2D eigenvalue weighted by Gasteiger charge is 2.18. The molecule has 0 radical (unpaired) electrons. The predicted octanol–water partition coefficient (Wildman–Crippen LogP) is 4.93. The van der Waals surface area contributed by atoms with Gasteiger partial charge >= 0.3 is 0 Å². The van der Waals surface area contributed by atoms with Gasteiger partial charge in [0, 0.05) is 5.56 Å². The third-order valence-corrected chi connectivity index (χ3v) is 4.21. The van der Waals surface area contributed by atoms with Gasteiger partial charge in [-0.2, -0.15) is 0 Å². The van der Waals surface area contributed by atoms with E-state index in [0.29, 0.717) is 5.92 Å². The normalized spacial score (nSPS) is 16.1. The minimum absolute atomic E-state index is 0.0461. The van der Waals surface area contributed by atoms with Crippen LogP contribution in [0.5, 0.6) is 0 Å². The van der Waals surface area contributed by atoms with Gasteiger partial charge in [-0.1, -0.05) is 17.9 Å². The van der Waals surface area contributed by atoms with Gasteiger partial charge < -0.3 is 0 Å². The smallest absolute Gasteiger partial charge is 0.194 e. The quantitative estimate of drug-likeness (QED) is 0.301. The lowest BCUT2D eigenvalue weighted by molar-refractivity contribution is 0.446. The Morgan fingerprint density at radius 1 is 0.917 bits per heavy atom. The van der Waals surface area contributed by atoms with Crippen LogP contribution in [0.3, 0.4) is 0 Å². The molecule has 1 aliphatic rings. The SMILES string of the molecule is C=CC1CCc2cc(C#Cc3cc(F)c(F)c(F)c3)c(F)cc2C1. The fourth-order valence-corrected chi connectivity index (χ4v) is 2.87. The Morgan fingerprint density at radius 2 is 1.62 bits per heavy atom. The van der Waals surface area contributed by atoms with Gasteiger partial charge in [-0.15, -0.1) is 6.58 Å². The maximum absolute atomic E-state index is 14.2. The van der Waals surface area contributed by atoms with Crippen molar-refractivity contribution in [1.82, 2.24) is 0 Å². The summed E-state index contributed by atoms with van der Waals surface area (Å²) in [5.41, 5.74) is 2.08. The molecule has 2 aromatic carbocycles. The van der Waals surface area contributed by atoms with Crippen molar-refractivity contribution in [2.24, 2.45) is 5.92 Å². The Kier molecular flexibility index (Phi) is 4.44. The van der Waals surface area contributed by atoms with Crippen LogP contribution in [0.15, 0.2) is 36.9 Å². The fourth-order valence-electron chi connectivity index (χ4n) is 2.87. The van der Waals surface area contributed by atoms with Crippen LogP contribution in [0.1, 0.15) is 28.7 Å². The van der Waals surface area contributed by atoms with E-state index in [9.17, 15) is 17.6 Å². The number of hydrogen-bond acceptors (Lipinski definition) is 0. The Labute approximate surface area is 137 Å². The van der Waals surface area contributed by atoms with E-state index < -0.39 is 23.3 Å². The summed E-state index contributed by atoms with van der Waals surface area (Å²) in [7, 11) is 0. The minimum atomic E-state index is -1.54. The summed E-state index contributed by atoms with van der Waals surface area (Å²) in [6, 6.07) is 4.71. The van der Waals surface area contributed by atoms with E-state index in [1.165, 1.54) is 6.07 Å². The van der Waals surface area contributed by atoms with Crippen LogP contribution in [0, 0.1) is 41.0 Å². The van der Waals surface area contributed by atoms with Crippen LogP contribution in [0.4, 0.5) is 17.6 Å². The summed E-state index contributed by atoms with van der Waals surface area (Å²) < 4.78 is 53.5. The molecule has 0 saturated heterocycles. The highest BCUT2D eigenvalue weighted by molar-refractivity contribution is 5.47. The minimum Gasteiger partial charge on any atom is -0.206 e. The average Bonchev–Trinajstić information content (AvgIpc) is 2.57. The molecule has 0 nitrogen and oxygen atoms in total. The van der Waals surface area contributed by atoms with Crippen LogP contribution in [0.25, 0.3) is 0 Å². The molecule has 1 aliphatic carbocycles. The van der Waals surface area contributed by atoms with E-state index in [4.69, 9.17) is 0 Å². The summed E-state index contributed by atoms with van der Waals surface area (Å²) in [6.45, 7) is 3.78. The summed E-state index contributed by atoms with van der Waals surface area (Å²) in [6.07, 6.45) is 4.38. The molecule has 122 valence electrons. The first-order valence-electron chi connectivity index (χ1n) is 7.58. The highest BCUT2D eigenvalue weighted by atomic mass is 19.2. The molecule has 2 aromatic rings. The summed E-state index contributed by atoms with van der Waals surface area (Å²) in [5.74, 6) is 0.749. The van der Waals surface area contributed by atoms with Crippen molar-refractivity contribution in [3.8, 4) is 11.8 Å². The van der Waals surface area contributed by atoms with E-state index >= 15 is 0 Å². The van der Waals surface area contributed by atoms with E-state index in [1.54, 1.807) is 6.07 Å². The molecule has 0 aliphatic heterocycles. The van der Waals surface area contributed by atoms with E-state index in [-0.39, 0.29) is 11.1 Å². The Bertz CT molecular complexity index is 848. The third-order valence-electron chi connectivity index (χ3n) is 4.21. The molecule has 0 spiro atoms. The number of fused-ring (bicyclic) bond motifs is 1. The molecule has 0 saturated carbocycles. The zero-order valence-corrected chi connectivity index (χ0v) is 12.8. The van der Waals surface area contributed by atoms with Gasteiger partial charge in [0.05, 0.1) is 5.56 Å². The van der Waals surface area contributed by atoms with Crippen molar-refractivity contribution >= 4 is 0 Å². The molecule has 0 bridgehead atoms. The fraction of sp³-hybridized carbons (Fsp3) is 0.200. The van der Waals surface area contributed by atoms with Gasteiger partial charge in [-0.25, -0.2) is 17.6 Å². The highest BCUT2D eigenvalue weighted by Crippen LogP contribution is 2.28. The molecule has 0 aromatic heterocycles. The largest absolute Gasteiger partial charge is 0.206 e. The topological polar surface area (TPSA) is 0 Å². The predicted molar refractivity (Wildman–Crippen MR) is 84.4 cm³/mol. The molecular formula is C20H14F4. The molecule has 24 heavy (non-hydrogen) atoms. The standard InChI is InChI=1S/C20H14F4/c1-2-12-3-5-14-10-15(17(21)11-16(14)7-12)6-4-13-8-18(22)20(24)19(23)9-13/h2,8-12H,1,3,5,7H2. The van der Waals surface area contributed by atoms with Crippen molar-refractivity contribution in [3.05, 3.63) is 82.4 Å². The van der Waals surface area contributed by atoms with E-state index in [0.717, 1.165) is 42.5 Å². The van der Waals surface area contributed by atoms with E-state index in [1.807, 2.05) is 6.08 Å². The van der Waals surface area contributed by atoms with Crippen LogP contribution in [-0.4, -0.2) is 0 Å². The van der Waals surface area contributed by atoms with Crippen LogP contribution in [0.2, 0.25) is 0 Å². The van der Waals surface area contributed by atoms with Crippen molar-refractivity contribution in [2.45, 2.75) is 19.3 Å². The van der Waals surface area contributed by atoms with Crippen molar-refractivity contribution in [1.29, 1.82) is 0 Å². The average molecular weight is 330 g/mol. The molecule has 1 unspecified atom stereocenters. The maximum Gasteiger partial charge on any atom is 0.194 e. The summed E-state index contributed by atoms with van der Waals surface area (Å²) in [4.78, 5) is 0. The van der Waals surface area contributed by atoms with Gasteiger partial charge in [-0.3, -0.25) is 0 Å². The second-order valence-corrected chi connectivity index (χ2v) is 5.84. The zero-order chi connectivity index (χ0) is 17.3. The maximum atomic E-state index is 14.2. The van der Waals surface area contributed by atoms with Gasteiger partial charge in [0.2, 0.25) is 0 Å². The van der Waals surface area contributed by atoms with Crippen molar-refractivity contribution in [3.63, 3.8) is 0 Å². The number of rotatable bonds is 1.